The molecular formula is C28H25Br. The summed E-state index contributed by atoms with van der Waals surface area (Å²) in [6.07, 6.45) is 3.69. The first kappa shape index (κ1) is 17.7. The van der Waals surface area contributed by atoms with E-state index in [-0.39, 0.29) is 10.8 Å². The van der Waals surface area contributed by atoms with E-state index in [4.69, 9.17) is 0 Å². The van der Waals surface area contributed by atoms with E-state index in [2.05, 4.69) is 104 Å². The number of hydrogen-bond donors (Lipinski definition) is 0. The maximum absolute atomic E-state index is 3.86. The third-order valence-electron chi connectivity index (χ3n) is 7.83. The largest absolute Gasteiger partial charge is 0.0619 e. The van der Waals surface area contributed by atoms with Gasteiger partial charge in [0, 0.05) is 21.2 Å². The first-order valence-electron chi connectivity index (χ1n) is 10.6. The molecule has 3 aliphatic carbocycles. The molecule has 0 radical (unpaired) electrons. The minimum absolute atomic E-state index is 0.0484. The summed E-state index contributed by atoms with van der Waals surface area (Å²) in [5.41, 5.74) is 10.8. The molecule has 144 valence electrons. The van der Waals surface area contributed by atoms with Gasteiger partial charge in [-0.05, 0) is 51.1 Å². The standard InChI is InChI=1S/C28H25Br/c1-27(2)21-12-8-7-9-16(21)19-13-23-20(14-22(19)27)26-18-11-6-5-10-17(18)25(29)15-24(26)28(23,3)4/h5-13,15,20H,14H2,1-4H3. The van der Waals surface area contributed by atoms with Crippen LogP contribution in [-0.2, 0) is 10.8 Å². The van der Waals surface area contributed by atoms with Crippen molar-refractivity contribution in [2.45, 2.75) is 50.9 Å². The molecule has 0 nitrogen and oxygen atoms in total. The second kappa shape index (κ2) is 5.52. The van der Waals surface area contributed by atoms with Crippen molar-refractivity contribution in [1.82, 2.24) is 0 Å². The second-order valence-electron chi connectivity index (χ2n) is 9.91. The molecular weight excluding hydrogens is 416 g/mol. The predicted molar refractivity (Wildman–Crippen MR) is 127 cm³/mol. The number of hydrogen-bond acceptors (Lipinski definition) is 0. The molecule has 0 bridgehead atoms. The van der Waals surface area contributed by atoms with Crippen LogP contribution in [0.15, 0.2) is 76.3 Å². The van der Waals surface area contributed by atoms with Gasteiger partial charge >= 0.3 is 0 Å². The molecule has 0 saturated carbocycles. The zero-order valence-corrected chi connectivity index (χ0v) is 19.0. The van der Waals surface area contributed by atoms with E-state index in [1.165, 1.54) is 37.5 Å². The highest BCUT2D eigenvalue weighted by Gasteiger charge is 2.48. The molecule has 1 heteroatoms. The van der Waals surface area contributed by atoms with Gasteiger partial charge in [-0.3, -0.25) is 0 Å². The molecule has 3 aromatic carbocycles. The van der Waals surface area contributed by atoms with Gasteiger partial charge in [0.2, 0.25) is 0 Å². The average Bonchev–Trinajstić information content (AvgIpc) is 3.07. The molecule has 1 atom stereocenters. The van der Waals surface area contributed by atoms with Crippen LogP contribution in [0.2, 0.25) is 0 Å². The summed E-state index contributed by atoms with van der Waals surface area (Å²) in [4.78, 5) is 0. The molecule has 0 spiro atoms. The van der Waals surface area contributed by atoms with Gasteiger partial charge < -0.3 is 0 Å². The predicted octanol–water partition coefficient (Wildman–Crippen LogP) is 8.05. The van der Waals surface area contributed by atoms with Crippen LogP contribution in [0.1, 0.15) is 62.3 Å². The van der Waals surface area contributed by atoms with Gasteiger partial charge in [-0.25, -0.2) is 0 Å². The van der Waals surface area contributed by atoms with Crippen molar-refractivity contribution in [2.75, 3.05) is 0 Å². The lowest BCUT2D eigenvalue weighted by Gasteiger charge is -2.32. The van der Waals surface area contributed by atoms with Crippen LogP contribution < -0.4 is 0 Å². The number of halogens is 1. The van der Waals surface area contributed by atoms with Gasteiger partial charge in [0.25, 0.3) is 0 Å². The Kier molecular flexibility index (Phi) is 3.37. The normalized spacial score (nSPS) is 22.8. The molecule has 29 heavy (non-hydrogen) atoms. The van der Waals surface area contributed by atoms with Crippen molar-refractivity contribution in [3.63, 3.8) is 0 Å². The van der Waals surface area contributed by atoms with Crippen LogP contribution in [0.25, 0.3) is 16.3 Å². The van der Waals surface area contributed by atoms with E-state index in [1.807, 2.05) is 0 Å². The second-order valence-corrected chi connectivity index (χ2v) is 10.8. The third kappa shape index (κ3) is 2.10. The van der Waals surface area contributed by atoms with E-state index >= 15 is 0 Å². The Morgan fingerprint density at radius 3 is 2.31 bits per heavy atom. The number of rotatable bonds is 0. The Labute approximate surface area is 181 Å². The molecule has 0 aliphatic heterocycles. The molecule has 0 heterocycles. The molecule has 6 rings (SSSR count). The lowest BCUT2D eigenvalue weighted by Crippen LogP contribution is -2.22. The van der Waals surface area contributed by atoms with Crippen molar-refractivity contribution < 1.29 is 0 Å². The Morgan fingerprint density at radius 1 is 0.828 bits per heavy atom. The van der Waals surface area contributed by atoms with Gasteiger partial charge in [-0.15, -0.1) is 0 Å². The van der Waals surface area contributed by atoms with Crippen LogP contribution in [0.3, 0.4) is 0 Å². The van der Waals surface area contributed by atoms with Gasteiger partial charge in [-0.2, -0.15) is 0 Å². The summed E-state index contributed by atoms with van der Waals surface area (Å²) in [6, 6.07) is 20.3. The van der Waals surface area contributed by atoms with Gasteiger partial charge in [0.05, 0.1) is 0 Å². The molecule has 0 amide bonds. The fourth-order valence-electron chi connectivity index (χ4n) is 6.30. The Hall–Kier alpha value is -2.12. The highest BCUT2D eigenvalue weighted by molar-refractivity contribution is 9.10. The van der Waals surface area contributed by atoms with Crippen LogP contribution in [0, 0.1) is 0 Å². The fraction of sp³-hybridized carbons (Fsp3) is 0.286. The van der Waals surface area contributed by atoms with Gasteiger partial charge in [-0.1, -0.05) is 109 Å². The Morgan fingerprint density at radius 2 is 1.52 bits per heavy atom. The summed E-state index contributed by atoms with van der Waals surface area (Å²) in [7, 11) is 0. The number of benzene rings is 3. The molecule has 3 aromatic rings. The topological polar surface area (TPSA) is 0 Å². The molecule has 0 aromatic heterocycles. The van der Waals surface area contributed by atoms with Crippen molar-refractivity contribution in [2.24, 2.45) is 0 Å². The van der Waals surface area contributed by atoms with Crippen molar-refractivity contribution >= 4 is 32.3 Å². The van der Waals surface area contributed by atoms with Crippen LogP contribution in [0.4, 0.5) is 0 Å². The summed E-state index contributed by atoms with van der Waals surface area (Å²) >= 11 is 3.86. The molecule has 1 unspecified atom stereocenters. The third-order valence-corrected chi connectivity index (χ3v) is 8.49. The maximum atomic E-state index is 3.86. The van der Waals surface area contributed by atoms with Gasteiger partial charge in [0.15, 0.2) is 0 Å². The van der Waals surface area contributed by atoms with Crippen LogP contribution in [0.5, 0.6) is 0 Å². The highest BCUT2D eigenvalue weighted by Crippen LogP contribution is 2.62. The quantitative estimate of drug-likeness (QED) is 0.331. The van der Waals surface area contributed by atoms with Crippen molar-refractivity contribution in [1.29, 1.82) is 0 Å². The summed E-state index contributed by atoms with van der Waals surface area (Å²) < 4.78 is 1.21. The lowest BCUT2D eigenvalue weighted by molar-refractivity contribution is 0.561. The molecule has 0 N–H and O–H groups in total. The lowest BCUT2D eigenvalue weighted by atomic mass is 9.71. The van der Waals surface area contributed by atoms with Crippen molar-refractivity contribution in [3.8, 4) is 0 Å². The van der Waals surface area contributed by atoms with Gasteiger partial charge in [0.1, 0.15) is 0 Å². The first-order chi connectivity index (χ1) is 13.8. The molecule has 0 fully saturated rings. The van der Waals surface area contributed by atoms with E-state index in [0.29, 0.717) is 5.92 Å². The summed E-state index contributed by atoms with van der Waals surface area (Å²) in [5.74, 6) is 0.477. The Balaban J connectivity index is 1.64. The van der Waals surface area contributed by atoms with Crippen LogP contribution in [-0.4, -0.2) is 0 Å². The minimum Gasteiger partial charge on any atom is -0.0619 e. The van der Waals surface area contributed by atoms with E-state index in [9.17, 15) is 0 Å². The SMILES string of the molecule is CC1(C)C2=C(C=C3C(C2)c2c(cc(Br)c4ccccc24)C3(C)C)c2ccccc21. The zero-order chi connectivity index (χ0) is 20.1. The smallest absolute Gasteiger partial charge is 0.0257 e. The fourth-order valence-corrected chi connectivity index (χ4v) is 6.87. The molecule has 3 aliphatic rings. The Bertz CT molecular complexity index is 1280. The monoisotopic (exact) mass is 440 g/mol. The van der Waals surface area contributed by atoms with E-state index in [0.717, 1.165) is 6.42 Å². The minimum atomic E-state index is 0.0484. The number of fused-ring (bicyclic) bond motifs is 7. The summed E-state index contributed by atoms with van der Waals surface area (Å²) in [5, 5.41) is 2.74. The first-order valence-corrected chi connectivity index (χ1v) is 11.4. The molecule has 0 saturated heterocycles. The summed E-state index contributed by atoms with van der Waals surface area (Å²) in [6.45, 7) is 9.65. The van der Waals surface area contributed by atoms with Crippen molar-refractivity contribution in [3.05, 3.63) is 98.5 Å². The van der Waals surface area contributed by atoms with Crippen LogP contribution >= 0.6 is 15.9 Å². The van der Waals surface area contributed by atoms with E-state index in [1.54, 1.807) is 16.7 Å². The van der Waals surface area contributed by atoms with E-state index < -0.39 is 0 Å². The average molecular weight is 441 g/mol. The maximum Gasteiger partial charge on any atom is 0.0257 e. The number of allylic oxidation sites excluding steroid dienone is 4. The zero-order valence-electron chi connectivity index (χ0n) is 17.4. The highest BCUT2D eigenvalue weighted by atomic mass is 79.9.